The summed E-state index contributed by atoms with van der Waals surface area (Å²) in [4.78, 5) is 45.9. The van der Waals surface area contributed by atoms with Gasteiger partial charge in [-0.1, -0.05) is 65.7 Å². The zero-order valence-corrected chi connectivity index (χ0v) is 30.4. The normalized spacial score (nSPS) is 17.1. The summed E-state index contributed by atoms with van der Waals surface area (Å²) in [5.74, 6) is 0.643. The van der Waals surface area contributed by atoms with Crippen LogP contribution in [0.5, 0.6) is 5.88 Å². The number of pyridine rings is 2. The first-order chi connectivity index (χ1) is 25.2. The predicted molar refractivity (Wildman–Crippen MR) is 203 cm³/mol. The van der Waals surface area contributed by atoms with E-state index in [0.29, 0.717) is 71.9 Å². The van der Waals surface area contributed by atoms with Crippen LogP contribution in [0.25, 0.3) is 39.2 Å². The monoisotopic (exact) mass is 739 g/mol. The molecule has 5 heterocycles. The summed E-state index contributed by atoms with van der Waals surface area (Å²) in [7, 11) is 1.59. The first-order valence-electron chi connectivity index (χ1n) is 17.3. The van der Waals surface area contributed by atoms with Crippen LogP contribution in [-0.4, -0.2) is 58.5 Å². The second-order valence-corrected chi connectivity index (χ2v) is 14.0. The van der Waals surface area contributed by atoms with Crippen molar-refractivity contribution in [3.8, 4) is 39.4 Å². The molecule has 0 radical (unpaired) electrons. The molecule has 3 aromatic heterocycles. The third-order valence-corrected chi connectivity index (χ3v) is 10.5. The maximum absolute atomic E-state index is 13.5. The Morgan fingerprint density at radius 1 is 0.808 bits per heavy atom. The minimum atomic E-state index is -0.144. The van der Waals surface area contributed by atoms with Crippen molar-refractivity contribution in [3.63, 3.8) is 0 Å². The highest BCUT2D eigenvalue weighted by Crippen LogP contribution is 2.42. The van der Waals surface area contributed by atoms with Gasteiger partial charge in [0.1, 0.15) is 5.65 Å². The average Bonchev–Trinajstić information content (AvgIpc) is 3.76. The van der Waals surface area contributed by atoms with Crippen molar-refractivity contribution in [3.05, 3.63) is 104 Å². The van der Waals surface area contributed by atoms with Gasteiger partial charge in [0.15, 0.2) is 0 Å². The van der Waals surface area contributed by atoms with E-state index in [0.717, 1.165) is 51.9 Å². The largest absolute Gasteiger partial charge is 0.481 e. The van der Waals surface area contributed by atoms with Crippen LogP contribution in [0.2, 0.25) is 10.0 Å². The summed E-state index contributed by atoms with van der Waals surface area (Å²) in [6.07, 6.45) is 4.32. The minimum absolute atomic E-state index is 0.0613. The molecule has 7 rings (SSSR count). The van der Waals surface area contributed by atoms with Crippen molar-refractivity contribution in [1.29, 1.82) is 0 Å². The van der Waals surface area contributed by atoms with Crippen LogP contribution >= 0.6 is 23.2 Å². The molecule has 2 amide bonds. The zero-order valence-electron chi connectivity index (χ0n) is 28.9. The second kappa shape index (κ2) is 15.4. The number of aromatic nitrogens is 3. The van der Waals surface area contributed by atoms with E-state index in [1.807, 2.05) is 67.6 Å². The SMILES string of the molecule is COc1nc(-c2cccc(-c3cccc(-c4cc(C)n5c(=O)c(CNCC6CCC(=O)N6)cnc5c4)c3Cl)c2Cl)ccc1CNCC1CCC(=O)N1. The molecule has 2 aliphatic heterocycles. The molecular formula is C39H39Cl2N7O4. The Hall–Kier alpha value is -4.81. The molecule has 5 aromatic rings. The molecule has 0 aliphatic carbocycles. The lowest BCUT2D eigenvalue weighted by atomic mass is 9.96. The van der Waals surface area contributed by atoms with Crippen molar-refractivity contribution < 1.29 is 14.3 Å². The van der Waals surface area contributed by atoms with E-state index in [2.05, 4.69) is 26.3 Å². The van der Waals surface area contributed by atoms with Crippen molar-refractivity contribution >= 4 is 40.7 Å². The highest BCUT2D eigenvalue weighted by molar-refractivity contribution is 6.39. The number of ether oxygens (including phenoxy) is 1. The third kappa shape index (κ3) is 7.40. The Morgan fingerprint density at radius 3 is 2.02 bits per heavy atom. The van der Waals surface area contributed by atoms with Gasteiger partial charge in [0.25, 0.3) is 5.56 Å². The van der Waals surface area contributed by atoms with E-state index in [1.165, 1.54) is 0 Å². The highest BCUT2D eigenvalue weighted by Gasteiger charge is 2.22. The number of fused-ring (bicyclic) bond motifs is 1. The number of hydrogen-bond acceptors (Lipinski definition) is 8. The molecule has 2 unspecified atom stereocenters. The van der Waals surface area contributed by atoms with E-state index in [4.69, 9.17) is 32.9 Å². The molecule has 2 fully saturated rings. The summed E-state index contributed by atoms with van der Waals surface area (Å²) in [6.45, 7) is 4.02. The number of halogens is 2. The van der Waals surface area contributed by atoms with E-state index < -0.39 is 0 Å². The summed E-state index contributed by atoms with van der Waals surface area (Å²) < 4.78 is 7.26. The standard InChI is InChI=1S/C39H39Cl2N7O4/c1-22-15-24(16-33-44-19-25(39(51)48(22)33)18-43-21-27-11-14-35(50)46-27)28-5-3-6-29(36(28)40)30-7-4-8-31(37(30)41)32-12-9-23(38(47-32)52-2)17-42-20-26-10-13-34(49)45-26/h3-9,12,15-16,19,26-27,42-43H,10-11,13-14,17-18,20-21H2,1-2H3,(H,45,49)(H,46,50). The molecule has 52 heavy (non-hydrogen) atoms. The average molecular weight is 741 g/mol. The number of benzene rings is 2. The molecule has 2 saturated heterocycles. The van der Waals surface area contributed by atoms with Crippen LogP contribution in [-0.2, 0) is 22.7 Å². The Balaban J connectivity index is 1.12. The lowest BCUT2D eigenvalue weighted by Crippen LogP contribution is -2.36. The Morgan fingerprint density at radius 2 is 1.40 bits per heavy atom. The van der Waals surface area contributed by atoms with Crippen LogP contribution in [0.1, 0.15) is 42.5 Å². The van der Waals surface area contributed by atoms with Gasteiger partial charge in [-0.15, -0.1) is 0 Å². The summed E-state index contributed by atoms with van der Waals surface area (Å²) >= 11 is 14.3. The first kappa shape index (κ1) is 35.6. The van der Waals surface area contributed by atoms with Gasteiger partial charge < -0.3 is 26.0 Å². The molecule has 2 atom stereocenters. The lowest BCUT2D eigenvalue weighted by Gasteiger charge is -2.16. The van der Waals surface area contributed by atoms with Crippen LogP contribution < -0.4 is 31.6 Å². The number of amides is 2. The van der Waals surface area contributed by atoms with Gasteiger partial charge in [-0.05, 0) is 43.5 Å². The van der Waals surface area contributed by atoms with Gasteiger partial charge in [-0.25, -0.2) is 9.97 Å². The highest BCUT2D eigenvalue weighted by atomic mass is 35.5. The first-order valence-corrected chi connectivity index (χ1v) is 18.1. The van der Waals surface area contributed by atoms with Crippen molar-refractivity contribution in [1.82, 2.24) is 35.6 Å². The smallest absolute Gasteiger partial charge is 0.262 e. The molecule has 11 nitrogen and oxygen atoms in total. The molecule has 0 bridgehead atoms. The molecular weight excluding hydrogens is 701 g/mol. The molecule has 4 N–H and O–H groups in total. The van der Waals surface area contributed by atoms with E-state index >= 15 is 0 Å². The number of carbonyl (C=O) groups excluding carboxylic acids is 2. The van der Waals surface area contributed by atoms with Gasteiger partial charge in [0.05, 0.1) is 28.4 Å². The summed E-state index contributed by atoms with van der Waals surface area (Å²) in [6, 6.07) is 19.4. The number of carbonyl (C=O) groups is 2. The number of nitrogens with one attached hydrogen (secondary N) is 4. The summed E-state index contributed by atoms with van der Waals surface area (Å²) in [5, 5.41) is 13.6. The van der Waals surface area contributed by atoms with Crippen molar-refractivity contribution in [2.24, 2.45) is 0 Å². The van der Waals surface area contributed by atoms with Crippen LogP contribution in [0.4, 0.5) is 0 Å². The van der Waals surface area contributed by atoms with Gasteiger partial charge in [-0.2, -0.15) is 0 Å². The number of aryl methyl sites for hydroxylation is 1. The number of rotatable bonds is 12. The van der Waals surface area contributed by atoms with E-state index in [-0.39, 0.29) is 29.5 Å². The van der Waals surface area contributed by atoms with Gasteiger partial charge in [0, 0.05) is 90.8 Å². The number of hydrogen-bond donors (Lipinski definition) is 4. The van der Waals surface area contributed by atoms with Crippen molar-refractivity contribution in [2.45, 2.75) is 57.8 Å². The van der Waals surface area contributed by atoms with Gasteiger partial charge in [-0.3, -0.25) is 18.8 Å². The Labute approximate surface area is 311 Å². The minimum Gasteiger partial charge on any atom is -0.481 e. The van der Waals surface area contributed by atoms with Crippen LogP contribution in [0, 0.1) is 6.92 Å². The zero-order chi connectivity index (χ0) is 36.4. The number of methoxy groups -OCH3 is 1. The molecule has 13 heteroatoms. The molecule has 2 aliphatic rings. The Bertz CT molecular complexity index is 2240. The van der Waals surface area contributed by atoms with Crippen LogP contribution in [0.3, 0.4) is 0 Å². The molecule has 0 spiro atoms. The van der Waals surface area contributed by atoms with Gasteiger partial charge >= 0.3 is 0 Å². The fourth-order valence-corrected chi connectivity index (χ4v) is 7.61. The third-order valence-electron chi connectivity index (χ3n) is 9.65. The fraction of sp³-hybridized carbons (Fsp3) is 0.308. The maximum Gasteiger partial charge on any atom is 0.262 e. The quantitative estimate of drug-likeness (QED) is 0.133. The van der Waals surface area contributed by atoms with E-state index in [1.54, 1.807) is 17.7 Å². The van der Waals surface area contributed by atoms with Gasteiger partial charge in [0.2, 0.25) is 17.7 Å². The second-order valence-electron chi connectivity index (χ2n) is 13.2. The lowest BCUT2D eigenvalue weighted by molar-refractivity contribution is -0.120. The maximum atomic E-state index is 13.5. The topological polar surface area (TPSA) is 139 Å². The number of nitrogens with zero attached hydrogens (tertiary/aromatic N) is 3. The summed E-state index contributed by atoms with van der Waals surface area (Å²) in [5.41, 5.74) is 7.01. The molecule has 2 aromatic carbocycles. The van der Waals surface area contributed by atoms with E-state index in [9.17, 15) is 14.4 Å². The molecule has 0 saturated carbocycles. The van der Waals surface area contributed by atoms with Crippen molar-refractivity contribution in [2.75, 3.05) is 20.2 Å². The predicted octanol–water partition coefficient (Wildman–Crippen LogP) is 5.45. The van der Waals surface area contributed by atoms with Crippen LogP contribution in [0.15, 0.2) is 71.7 Å². The Kier molecular flexibility index (Phi) is 10.6. The molecule has 268 valence electrons. The fourth-order valence-electron chi connectivity index (χ4n) is 6.95.